The van der Waals surface area contributed by atoms with E-state index >= 15 is 0 Å². The minimum absolute atomic E-state index is 0.130. The topological polar surface area (TPSA) is 188 Å². The first-order valence-corrected chi connectivity index (χ1v) is 10.9. The molecule has 1 aromatic rings. The molecule has 2 amide bonds. The quantitative estimate of drug-likeness (QED) is 0.229. The first kappa shape index (κ1) is 25.2. The lowest BCUT2D eigenvalue weighted by Gasteiger charge is -2.47. The van der Waals surface area contributed by atoms with Crippen LogP contribution in [0.4, 0.5) is 4.79 Å². The molecular formula is C21H30N2O11. The molecule has 0 aliphatic carbocycles. The zero-order valence-corrected chi connectivity index (χ0v) is 18.3. The minimum atomic E-state index is -1.66. The fourth-order valence-electron chi connectivity index (χ4n) is 4.27. The zero-order chi connectivity index (χ0) is 24.4. The Kier molecular flexibility index (Phi) is 7.99. The Labute approximate surface area is 195 Å². The van der Waals surface area contributed by atoms with Gasteiger partial charge in [0, 0.05) is 12.7 Å². The Morgan fingerprint density at radius 3 is 2.41 bits per heavy atom. The standard InChI is InChI=1S/C21H30N2O11/c1-30-20-12(22-21(29)23-18-16(28)15(27)13(25)10(7-24)32-18)14(26)17-11(33-20)8-31-19(34-17)9-5-3-2-4-6-9/h2-6,10-20,24-28H,7-8H2,1H3,(H2,22,23,29)/t10-,11-,12-,13-,14-,15+,16-,17-,18+,19?,20+/m1/s1. The number of aliphatic hydroxyl groups is 5. The van der Waals surface area contributed by atoms with E-state index in [9.17, 15) is 30.3 Å². The number of carbonyl (C=O) groups excluding carboxylic acids is 1. The van der Waals surface area contributed by atoms with E-state index in [4.69, 9.17) is 23.7 Å². The van der Waals surface area contributed by atoms with Crippen LogP contribution >= 0.6 is 0 Å². The SMILES string of the molecule is CO[C@H]1O[C@@H]2COC(c3ccccc3)O[C@H]2[C@H](O)[C@H]1NC(=O)N[C@H]1O[C@H](CO)[C@@H](O)[C@H](O)[C@H]1O. The molecular weight excluding hydrogens is 456 g/mol. The Balaban J connectivity index is 1.41. The Morgan fingerprint density at radius 1 is 1.00 bits per heavy atom. The number of carbonyl (C=O) groups is 1. The lowest BCUT2D eigenvalue weighted by Crippen LogP contribution is -2.69. The summed E-state index contributed by atoms with van der Waals surface area (Å²) in [5.74, 6) is 0. The molecule has 34 heavy (non-hydrogen) atoms. The number of nitrogens with one attached hydrogen (secondary N) is 2. The highest BCUT2D eigenvalue weighted by atomic mass is 16.7. The largest absolute Gasteiger partial charge is 0.394 e. The van der Waals surface area contributed by atoms with Gasteiger partial charge in [0.2, 0.25) is 0 Å². The Morgan fingerprint density at radius 2 is 1.74 bits per heavy atom. The van der Waals surface area contributed by atoms with Crippen molar-refractivity contribution in [2.24, 2.45) is 0 Å². The summed E-state index contributed by atoms with van der Waals surface area (Å²) in [6.45, 7) is -0.512. The molecule has 0 bridgehead atoms. The van der Waals surface area contributed by atoms with Crippen molar-refractivity contribution in [1.82, 2.24) is 10.6 Å². The van der Waals surface area contributed by atoms with E-state index < -0.39 is 80.2 Å². The summed E-state index contributed by atoms with van der Waals surface area (Å²) in [5, 5.41) is 55.0. The highest BCUT2D eigenvalue weighted by Crippen LogP contribution is 2.34. The number of benzene rings is 1. The summed E-state index contributed by atoms with van der Waals surface area (Å²) in [4.78, 5) is 12.7. The predicted molar refractivity (Wildman–Crippen MR) is 111 cm³/mol. The van der Waals surface area contributed by atoms with Gasteiger partial charge < -0.3 is 59.9 Å². The van der Waals surface area contributed by atoms with Crippen molar-refractivity contribution >= 4 is 6.03 Å². The maximum Gasteiger partial charge on any atom is 0.317 e. The summed E-state index contributed by atoms with van der Waals surface area (Å²) in [6, 6.07) is 7.19. The molecule has 3 heterocycles. The first-order chi connectivity index (χ1) is 16.3. The van der Waals surface area contributed by atoms with Crippen LogP contribution < -0.4 is 10.6 Å². The fourth-order valence-corrected chi connectivity index (χ4v) is 4.27. The summed E-state index contributed by atoms with van der Waals surface area (Å²) >= 11 is 0. The molecule has 3 fully saturated rings. The molecule has 4 rings (SSSR count). The van der Waals surface area contributed by atoms with Crippen LogP contribution in [0.25, 0.3) is 0 Å². The van der Waals surface area contributed by atoms with Crippen LogP contribution in [0.5, 0.6) is 0 Å². The Bertz CT molecular complexity index is 815. The van der Waals surface area contributed by atoms with Gasteiger partial charge in [0.1, 0.15) is 48.8 Å². The van der Waals surface area contributed by atoms with Crippen molar-refractivity contribution < 1.29 is 54.0 Å². The van der Waals surface area contributed by atoms with E-state index in [1.165, 1.54) is 7.11 Å². The van der Waals surface area contributed by atoms with Crippen molar-refractivity contribution in [3.63, 3.8) is 0 Å². The monoisotopic (exact) mass is 486 g/mol. The maximum atomic E-state index is 12.7. The summed E-state index contributed by atoms with van der Waals surface area (Å²) < 4.78 is 28.0. The Hall–Kier alpha value is -1.91. The number of amides is 2. The summed E-state index contributed by atoms with van der Waals surface area (Å²) in [5.41, 5.74) is 0.756. The molecule has 0 saturated carbocycles. The van der Waals surface area contributed by atoms with Crippen LogP contribution in [-0.2, 0) is 23.7 Å². The highest BCUT2D eigenvalue weighted by molar-refractivity contribution is 5.74. The molecule has 13 heteroatoms. The molecule has 3 aliphatic rings. The second-order valence-corrected chi connectivity index (χ2v) is 8.34. The van der Waals surface area contributed by atoms with Gasteiger partial charge in [0.25, 0.3) is 0 Å². The number of rotatable bonds is 5. The summed E-state index contributed by atoms with van der Waals surface area (Å²) in [6.07, 6.45) is -12.0. The number of ether oxygens (including phenoxy) is 5. The zero-order valence-electron chi connectivity index (χ0n) is 18.3. The van der Waals surface area contributed by atoms with Crippen molar-refractivity contribution in [2.75, 3.05) is 20.3 Å². The number of hydrogen-bond donors (Lipinski definition) is 7. The maximum absolute atomic E-state index is 12.7. The van der Waals surface area contributed by atoms with E-state index in [1.807, 2.05) is 30.3 Å². The van der Waals surface area contributed by atoms with Crippen LogP contribution in [0.2, 0.25) is 0 Å². The van der Waals surface area contributed by atoms with Gasteiger partial charge >= 0.3 is 6.03 Å². The average Bonchev–Trinajstić information content (AvgIpc) is 2.86. The van der Waals surface area contributed by atoms with E-state index in [2.05, 4.69) is 10.6 Å². The van der Waals surface area contributed by atoms with Gasteiger partial charge in [-0.1, -0.05) is 30.3 Å². The smallest absolute Gasteiger partial charge is 0.317 e. The molecule has 0 spiro atoms. The number of aliphatic hydroxyl groups excluding tert-OH is 5. The number of fused-ring (bicyclic) bond motifs is 1. The van der Waals surface area contributed by atoms with Crippen LogP contribution in [0, 0.1) is 0 Å². The predicted octanol–water partition coefficient (Wildman–Crippen LogP) is -2.70. The molecule has 11 atom stereocenters. The van der Waals surface area contributed by atoms with E-state index in [1.54, 1.807) is 0 Å². The lowest BCUT2D eigenvalue weighted by molar-refractivity contribution is -0.340. The lowest BCUT2D eigenvalue weighted by atomic mass is 9.95. The van der Waals surface area contributed by atoms with Gasteiger partial charge in [-0.2, -0.15) is 0 Å². The highest BCUT2D eigenvalue weighted by Gasteiger charge is 2.50. The third-order valence-electron chi connectivity index (χ3n) is 6.13. The first-order valence-electron chi connectivity index (χ1n) is 10.9. The van der Waals surface area contributed by atoms with Crippen molar-refractivity contribution in [3.8, 4) is 0 Å². The molecule has 0 aromatic heterocycles. The molecule has 3 saturated heterocycles. The van der Waals surface area contributed by atoms with E-state index in [-0.39, 0.29) is 6.61 Å². The molecule has 190 valence electrons. The van der Waals surface area contributed by atoms with Crippen molar-refractivity contribution in [2.45, 2.75) is 67.6 Å². The van der Waals surface area contributed by atoms with E-state index in [0.717, 1.165) is 5.56 Å². The molecule has 1 aromatic carbocycles. The second kappa shape index (κ2) is 10.8. The molecule has 13 nitrogen and oxygen atoms in total. The number of hydrogen-bond acceptors (Lipinski definition) is 11. The average molecular weight is 486 g/mol. The van der Waals surface area contributed by atoms with Gasteiger partial charge in [0.15, 0.2) is 18.8 Å². The number of urea groups is 1. The van der Waals surface area contributed by atoms with Gasteiger partial charge in [0.05, 0.1) is 13.2 Å². The van der Waals surface area contributed by atoms with Crippen LogP contribution in [0.15, 0.2) is 30.3 Å². The summed E-state index contributed by atoms with van der Waals surface area (Å²) in [7, 11) is 1.35. The van der Waals surface area contributed by atoms with Gasteiger partial charge in [-0.15, -0.1) is 0 Å². The molecule has 0 radical (unpaired) electrons. The second-order valence-electron chi connectivity index (χ2n) is 8.34. The molecule has 3 aliphatic heterocycles. The van der Waals surface area contributed by atoms with E-state index in [0.29, 0.717) is 0 Å². The van der Waals surface area contributed by atoms with Gasteiger partial charge in [-0.05, 0) is 0 Å². The fraction of sp³-hybridized carbons (Fsp3) is 0.667. The van der Waals surface area contributed by atoms with Crippen molar-refractivity contribution in [1.29, 1.82) is 0 Å². The molecule has 7 N–H and O–H groups in total. The van der Waals surface area contributed by atoms with Gasteiger partial charge in [-0.3, -0.25) is 0 Å². The molecule has 1 unspecified atom stereocenters. The van der Waals surface area contributed by atoms with Crippen LogP contribution in [0.3, 0.4) is 0 Å². The van der Waals surface area contributed by atoms with Crippen LogP contribution in [0.1, 0.15) is 11.9 Å². The van der Waals surface area contributed by atoms with Crippen molar-refractivity contribution in [3.05, 3.63) is 35.9 Å². The van der Waals surface area contributed by atoms with Crippen LogP contribution in [-0.4, -0.2) is 113 Å². The third kappa shape index (κ3) is 5.04. The van der Waals surface area contributed by atoms with Gasteiger partial charge in [-0.25, -0.2) is 4.79 Å². The normalized spacial score (nSPS) is 42.5. The third-order valence-corrected chi connectivity index (χ3v) is 6.13. The number of methoxy groups -OCH3 is 1. The minimum Gasteiger partial charge on any atom is -0.394 e.